The van der Waals surface area contributed by atoms with Crippen LogP contribution in [-0.4, -0.2) is 17.1 Å². The number of hydrogen-bond acceptors (Lipinski definition) is 1. The van der Waals surface area contributed by atoms with E-state index in [0.717, 1.165) is 25.7 Å². The standard InChI is InChI=1S/C15H28F2O/c1-3-5-7-12(4-2)10-14(18)13-8-6-9-15(16,17)11-13/h12-14,18H,3-11H2,1-2H3. The second-order valence-electron chi connectivity index (χ2n) is 5.93. The number of alkyl halides is 2. The van der Waals surface area contributed by atoms with Gasteiger partial charge in [-0.25, -0.2) is 8.78 Å². The van der Waals surface area contributed by atoms with Crippen molar-refractivity contribution in [3.63, 3.8) is 0 Å². The van der Waals surface area contributed by atoms with Crippen LogP contribution in [0.25, 0.3) is 0 Å². The Balaban J connectivity index is 2.40. The molecule has 1 rings (SSSR count). The minimum atomic E-state index is -2.55. The molecule has 1 N–H and O–H groups in total. The highest BCUT2D eigenvalue weighted by atomic mass is 19.3. The smallest absolute Gasteiger partial charge is 0.248 e. The fraction of sp³-hybridized carbons (Fsp3) is 1.00. The van der Waals surface area contributed by atoms with E-state index in [1.165, 1.54) is 6.42 Å². The Morgan fingerprint density at radius 2 is 2.06 bits per heavy atom. The third-order valence-electron chi connectivity index (χ3n) is 4.34. The van der Waals surface area contributed by atoms with Gasteiger partial charge >= 0.3 is 0 Å². The van der Waals surface area contributed by atoms with Crippen LogP contribution in [0.4, 0.5) is 8.78 Å². The highest BCUT2D eigenvalue weighted by Gasteiger charge is 2.39. The lowest BCUT2D eigenvalue weighted by molar-refractivity contribution is -0.0787. The van der Waals surface area contributed by atoms with Crippen molar-refractivity contribution in [2.45, 2.75) is 83.7 Å². The van der Waals surface area contributed by atoms with Gasteiger partial charge in [0.2, 0.25) is 5.92 Å². The third kappa shape index (κ3) is 5.21. The molecule has 0 amide bonds. The zero-order chi connectivity index (χ0) is 13.6. The van der Waals surface area contributed by atoms with Crippen LogP contribution >= 0.6 is 0 Å². The molecule has 1 fully saturated rings. The number of rotatable bonds is 7. The van der Waals surface area contributed by atoms with Crippen molar-refractivity contribution in [1.82, 2.24) is 0 Å². The summed E-state index contributed by atoms with van der Waals surface area (Å²) in [5.74, 6) is -2.24. The van der Waals surface area contributed by atoms with E-state index < -0.39 is 12.0 Å². The van der Waals surface area contributed by atoms with E-state index in [4.69, 9.17) is 0 Å². The van der Waals surface area contributed by atoms with E-state index in [2.05, 4.69) is 13.8 Å². The largest absolute Gasteiger partial charge is 0.393 e. The third-order valence-corrected chi connectivity index (χ3v) is 4.34. The fourth-order valence-electron chi connectivity index (χ4n) is 3.05. The Bertz CT molecular complexity index is 231. The van der Waals surface area contributed by atoms with Crippen LogP contribution in [0.3, 0.4) is 0 Å². The summed E-state index contributed by atoms with van der Waals surface area (Å²) >= 11 is 0. The van der Waals surface area contributed by atoms with Gasteiger partial charge in [-0.3, -0.25) is 0 Å². The predicted octanol–water partition coefficient (Wildman–Crippen LogP) is 4.78. The number of aliphatic hydroxyl groups excluding tert-OH is 1. The maximum absolute atomic E-state index is 13.3. The van der Waals surface area contributed by atoms with E-state index in [0.29, 0.717) is 18.8 Å². The van der Waals surface area contributed by atoms with Crippen LogP contribution in [0.5, 0.6) is 0 Å². The molecule has 18 heavy (non-hydrogen) atoms. The minimum Gasteiger partial charge on any atom is -0.393 e. The number of halogens is 2. The van der Waals surface area contributed by atoms with Crippen molar-refractivity contribution in [1.29, 1.82) is 0 Å². The van der Waals surface area contributed by atoms with E-state index in [9.17, 15) is 13.9 Å². The van der Waals surface area contributed by atoms with Crippen molar-refractivity contribution < 1.29 is 13.9 Å². The van der Waals surface area contributed by atoms with Gasteiger partial charge in [-0.2, -0.15) is 0 Å². The van der Waals surface area contributed by atoms with Gasteiger partial charge in [0.1, 0.15) is 0 Å². The van der Waals surface area contributed by atoms with Gasteiger partial charge in [0.15, 0.2) is 0 Å². The van der Waals surface area contributed by atoms with Gasteiger partial charge in [0, 0.05) is 12.8 Å². The fourth-order valence-corrected chi connectivity index (χ4v) is 3.05. The summed E-state index contributed by atoms with van der Waals surface area (Å²) in [6.07, 6.45) is 5.88. The van der Waals surface area contributed by atoms with Gasteiger partial charge in [0.05, 0.1) is 6.10 Å². The van der Waals surface area contributed by atoms with Gasteiger partial charge in [-0.1, -0.05) is 39.5 Å². The molecule has 0 spiro atoms. The number of hydrogen-bond donors (Lipinski definition) is 1. The summed E-state index contributed by atoms with van der Waals surface area (Å²) in [4.78, 5) is 0. The van der Waals surface area contributed by atoms with Crippen molar-refractivity contribution >= 4 is 0 Å². The van der Waals surface area contributed by atoms with Gasteiger partial charge < -0.3 is 5.11 Å². The molecule has 0 heterocycles. The summed E-state index contributed by atoms with van der Waals surface area (Å²) in [5.41, 5.74) is 0. The molecule has 3 heteroatoms. The quantitative estimate of drug-likeness (QED) is 0.700. The molecule has 0 aromatic heterocycles. The molecule has 1 aliphatic rings. The topological polar surface area (TPSA) is 20.2 Å². The SMILES string of the molecule is CCCCC(CC)CC(O)C1CCCC(F)(F)C1. The lowest BCUT2D eigenvalue weighted by Gasteiger charge is -2.33. The number of aliphatic hydroxyl groups is 1. The molecule has 0 radical (unpaired) electrons. The highest BCUT2D eigenvalue weighted by Crippen LogP contribution is 2.39. The van der Waals surface area contributed by atoms with Crippen LogP contribution in [-0.2, 0) is 0 Å². The molecule has 3 unspecified atom stereocenters. The molecule has 1 aliphatic carbocycles. The molecule has 1 saturated carbocycles. The first-order valence-electron chi connectivity index (χ1n) is 7.54. The Morgan fingerprint density at radius 3 is 2.61 bits per heavy atom. The summed E-state index contributed by atoms with van der Waals surface area (Å²) in [7, 11) is 0. The first-order chi connectivity index (χ1) is 8.48. The lowest BCUT2D eigenvalue weighted by atomic mass is 9.79. The van der Waals surface area contributed by atoms with Crippen LogP contribution in [0.1, 0.15) is 71.6 Å². The van der Waals surface area contributed by atoms with Crippen molar-refractivity contribution in [2.75, 3.05) is 0 Å². The molecule has 1 nitrogen and oxygen atoms in total. The first-order valence-corrected chi connectivity index (χ1v) is 7.54. The summed E-state index contributed by atoms with van der Waals surface area (Å²) < 4.78 is 26.7. The predicted molar refractivity (Wildman–Crippen MR) is 70.8 cm³/mol. The van der Waals surface area contributed by atoms with Gasteiger partial charge in [0.25, 0.3) is 0 Å². The lowest BCUT2D eigenvalue weighted by Crippen LogP contribution is -2.34. The molecule has 0 aliphatic heterocycles. The van der Waals surface area contributed by atoms with Crippen LogP contribution in [0, 0.1) is 11.8 Å². The average Bonchev–Trinajstić information content (AvgIpc) is 2.32. The van der Waals surface area contributed by atoms with E-state index in [1.807, 2.05) is 0 Å². The second kappa shape index (κ2) is 7.42. The molecule has 0 aromatic carbocycles. The van der Waals surface area contributed by atoms with Crippen molar-refractivity contribution in [3.8, 4) is 0 Å². The molecule has 0 bridgehead atoms. The highest BCUT2D eigenvalue weighted by molar-refractivity contribution is 4.83. The second-order valence-corrected chi connectivity index (χ2v) is 5.93. The Hall–Kier alpha value is -0.180. The summed E-state index contributed by atoms with van der Waals surface area (Å²) in [6.45, 7) is 4.29. The first kappa shape index (κ1) is 15.9. The van der Waals surface area contributed by atoms with Crippen LogP contribution in [0.15, 0.2) is 0 Å². The Morgan fingerprint density at radius 1 is 1.33 bits per heavy atom. The van der Waals surface area contributed by atoms with E-state index in [1.54, 1.807) is 0 Å². The summed E-state index contributed by atoms with van der Waals surface area (Å²) in [5, 5.41) is 10.2. The maximum atomic E-state index is 13.3. The Labute approximate surface area is 110 Å². The van der Waals surface area contributed by atoms with Gasteiger partial charge in [-0.15, -0.1) is 0 Å². The molecular formula is C15H28F2O. The van der Waals surface area contributed by atoms with E-state index >= 15 is 0 Å². The van der Waals surface area contributed by atoms with Crippen LogP contribution in [0.2, 0.25) is 0 Å². The van der Waals surface area contributed by atoms with Crippen molar-refractivity contribution in [3.05, 3.63) is 0 Å². The normalized spacial score (nSPS) is 26.8. The zero-order valence-electron chi connectivity index (χ0n) is 11.8. The minimum absolute atomic E-state index is 0.00324. The van der Waals surface area contributed by atoms with Crippen LogP contribution < -0.4 is 0 Å². The molecule has 0 saturated heterocycles. The molecule has 108 valence electrons. The molecule has 0 aromatic rings. The monoisotopic (exact) mass is 262 g/mol. The molecular weight excluding hydrogens is 234 g/mol. The van der Waals surface area contributed by atoms with Crippen molar-refractivity contribution in [2.24, 2.45) is 11.8 Å². The van der Waals surface area contributed by atoms with E-state index in [-0.39, 0.29) is 18.8 Å². The summed E-state index contributed by atoms with van der Waals surface area (Å²) in [6, 6.07) is 0. The number of unbranched alkanes of at least 4 members (excludes halogenated alkanes) is 1. The Kier molecular flexibility index (Phi) is 6.54. The van der Waals surface area contributed by atoms with Gasteiger partial charge in [-0.05, 0) is 31.1 Å². The zero-order valence-corrected chi connectivity index (χ0v) is 11.8. The average molecular weight is 262 g/mol. The molecule has 3 atom stereocenters. The maximum Gasteiger partial charge on any atom is 0.248 e.